The van der Waals surface area contributed by atoms with E-state index in [9.17, 15) is 13.2 Å². The molecule has 0 heterocycles. The second-order valence-electron chi connectivity index (χ2n) is 8.74. The highest BCUT2D eigenvalue weighted by atomic mass is 32.2. The number of sulfonamides is 1. The Hall–Kier alpha value is -4.27. The molecule has 1 amide bonds. The number of carbonyl (C=O) groups is 1. The summed E-state index contributed by atoms with van der Waals surface area (Å²) in [4.78, 5) is 12.8. The van der Waals surface area contributed by atoms with Crippen LogP contribution in [0.1, 0.15) is 34.7 Å². The van der Waals surface area contributed by atoms with E-state index < -0.39 is 22.0 Å². The highest BCUT2D eigenvalue weighted by Gasteiger charge is 2.23. The maximum atomic E-state index is 13.0. The van der Waals surface area contributed by atoms with Crippen LogP contribution in [-0.2, 0) is 21.4 Å². The van der Waals surface area contributed by atoms with Gasteiger partial charge in [-0.1, -0.05) is 78.4 Å². The number of hydrazone groups is 1. The largest absolute Gasteiger partial charge is 0.489 e. The van der Waals surface area contributed by atoms with Gasteiger partial charge < -0.3 is 4.74 Å². The van der Waals surface area contributed by atoms with Crippen molar-refractivity contribution in [3.05, 3.63) is 131 Å². The van der Waals surface area contributed by atoms with Gasteiger partial charge in [-0.25, -0.2) is 18.6 Å². The van der Waals surface area contributed by atoms with Crippen molar-refractivity contribution in [2.24, 2.45) is 5.10 Å². The average molecular weight is 528 g/mol. The van der Waals surface area contributed by atoms with E-state index >= 15 is 0 Å². The summed E-state index contributed by atoms with van der Waals surface area (Å²) < 4.78 is 34.4. The van der Waals surface area contributed by atoms with Gasteiger partial charge in [0, 0.05) is 6.42 Å². The van der Waals surface area contributed by atoms with Gasteiger partial charge in [0.05, 0.1) is 17.2 Å². The first kappa shape index (κ1) is 26.8. The standard InChI is InChI=1S/C30H29N3O4S/c1-23-12-18-28(19-13-23)38(35,36)33-29(26-10-6-3-7-11-26)20-30(34)32-31-21-24-14-16-27(17-15-24)37-22-25-8-4-2-5-9-25/h2-19,21,29,33H,20,22H2,1H3,(H,32,34)/b31-21-/t29-/m1/s1. The summed E-state index contributed by atoms with van der Waals surface area (Å²) in [7, 11) is -3.84. The van der Waals surface area contributed by atoms with Crippen LogP contribution in [0.15, 0.2) is 119 Å². The lowest BCUT2D eigenvalue weighted by Crippen LogP contribution is -2.32. The molecule has 7 nitrogen and oxygen atoms in total. The Balaban J connectivity index is 1.35. The van der Waals surface area contributed by atoms with Gasteiger partial charge in [0.1, 0.15) is 12.4 Å². The smallest absolute Gasteiger partial charge is 0.242 e. The molecule has 1 atom stereocenters. The van der Waals surface area contributed by atoms with E-state index in [1.54, 1.807) is 48.5 Å². The van der Waals surface area contributed by atoms with Crippen molar-refractivity contribution in [1.29, 1.82) is 0 Å². The monoisotopic (exact) mass is 527 g/mol. The number of ether oxygens (including phenoxy) is 1. The molecule has 4 rings (SSSR count). The fraction of sp³-hybridized carbons (Fsp3) is 0.133. The van der Waals surface area contributed by atoms with Crippen LogP contribution in [-0.4, -0.2) is 20.5 Å². The number of carbonyl (C=O) groups excluding carboxylic acids is 1. The number of benzene rings is 4. The minimum atomic E-state index is -3.84. The third kappa shape index (κ3) is 7.86. The van der Waals surface area contributed by atoms with Crippen LogP contribution in [0.25, 0.3) is 0 Å². The molecule has 0 aliphatic carbocycles. The van der Waals surface area contributed by atoms with Crippen molar-refractivity contribution in [2.75, 3.05) is 0 Å². The Morgan fingerprint density at radius 3 is 2.16 bits per heavy atom. The molecule has 0 radical (unpaired) electrons. The van der Waals surface area contributed by atoms with Crippen LogP contribution in [0.3, 0.4) is 0 Å². The van der Waals surface area contributed by atoms with Gasteiger partial charge in [0.2, 0.25) is 15.9 Å². The molecular formula is C30H29N3O4S. The quantitative estimate of drug-likeness (QED) is 0.209. The van der Waals surface area contributed by atoms with E-state index in [2.05, 4.69) is 15.2 Å². The van der Waals surface area contributed by atoms with Crippen LogP contribution < -0.4 is 14.9 Å². The molecule has 0 aliphatic heterocycles. The van der Waals surface area contributed by atoms with Crippen LogP contribution in [0, 0.1) is 6.92 Å². The summed E-state index contributed by atoms with van der Waals surface area (Å²) in [6.45, 7) is 2.36. The topological polar surface area (TPSA) is 96.9 Å². The first-order valence-electron chi connectivity index (χ1n) is 12.1. The predicted molar refractivity (Wildman–Crippen MR) is 148 cm³/mol. The van der Waals surface area contributed by atoms with Gasteiger partial charge in [0.15, 0.2) is 0 Å². The van der Waals surface area contributed by atoms with Gasteiger partial charge in [-0.2, -0.15) is 5.10 Å². The van der Waals surface area contributed by atoms with Crippen molar-refractivity contribution in [2.45, 2.75) is 30.9 Å². The third-order valence-corrected chi connectivity index (χ3v) is 7.24. The number of hydrogen-bond acceptors (Lipinski definition) is 5. The Kier molecular flexibility index (Phi) is 9.02. The zero-order chi connectivity index (χ0) is 26.8. The Morgan fingerprint density at radius 2 is 1.50 bits per heavy atom. The minimum Gasteiger partial charge on any atom is -0.489 e. The molecule has 0 saturated carbocycles. The molecule has 0 fully saturated rings. The van der Waals surface area contributed by atoms with Gasteiger partial charge in [-0.3, -0.25) is 4.79 Å². The van der Waals surface area contributed by atoms with Gasteiger partial charge in [-0.15, -0.1) is 0 Å². The van der Waals surface area contributed by atoms with Crippen LogP contribution in [0.5, 0.6) is 5.75 Å². The zero-order valence-electron chi connectivity index (χ0n) is 20.9. The molecule has 0 saturated heterocycles. The number of hydrogen-bond donors (Lipinski definition) is 2. The fourth-order valence-corrected chi connectivity index (χ4v) is 4.91. The van der Waals surface area contributed by atoms with E-state index in [0.717, 1.165) is 22.4 Å². The lowest BCUT2D eigenvalue weighted by atomic mass is 10.0. The van der Waals surface area contributed by atoms with E-state index in [4.69, 9.17) is 4.74 Å². The van der Waals surface area contributed by atoms with Crippen molar-refractivity contribution in [3.63, 3.8) is 0 Å². The molecule has 4 aromatic rings. The zero-order valence-corrected chi connectivity index (χ0v) is 21.8. The van der Waals surface area contributed by atoms with Gasteiger partial charge in [0.25, 0.3) is 0 Å². The number of nitrogens with zero attached hydrogens (tertiary/aromatic N) is 1. The van der Waals surface area contributed by atoms with E-state index in [1.807, 2.05) is 67.6 Å². The van der Waals surface area contributed by atoms with Crippen molar-refractivity contribution < 1.29 is 17.9 Å². The highest BCUT2D eigenvalue weighted by Crippen LogP contribution is 2.21. The highest BCUT2D eigenvalue weighted by molar-refractivity contribution is 7.89. The van der Waals surface area contributed by atoms with E-state index in [-0.39, 0.29) is 11.3 Å². The van der Waals surface area contributed by atoms with Gasteiger partial charge in [-0.05, 0) is 60.0 Å². The first-order chi connectivity index (χ1) is 18.4. The van der Waals surface area contributed by atoms with E-state index in [1.165, 1.54) is 6.21 Å². The maximum absolute atomic E-state index is 13.0. The summed E-state index contributed by atoms with van der Waals surface area (Å²) >= 11 is 0. The summed E-state index contributed by atoms with van der Waals surface area (Å²) in [5.74, 6) is 0.297. The Labute approximate surface area is 223 Å². The van der Waals surface area contributed by atoms with Crippen molar-refractivity contribution in [1.82, 2.24) is 10.1 Å². The normalized spacial score (nSPS) is 12.2. The maximum Gasteiger partial charge on any atom is 0.242 e. The summed E-state index contributed by atoms with van der Waals surface area (Å²) in [5.41, 5.74) is 5.97. The number of aryl methyl sites for hydroxylation is 1. The molecule has 0 aliphatic rings. The van der Waals surface area contributed by atoms with Crippen LogP contribution in [0.4, 0.5) is 0 Å². The van der Waals surface area contributed by atoms with Crippen LogP contribution in [0.2, 0.25) is 0 Å². The molecule has 194 valence electrons. The second kappa shape index (κ2) is 12.8. The Bertz CT molecular complexity index is 1460. The van der Waals surface area contributed by atoms with Crippen molar-refractivity contribution >= 4 is 22.1 Å². The van der Waals surface area contributed by atoms with Gasteiger partial charge >= 0.3 is 0 Å². The molecule has 0 spiro atoms. The molecule has 38 heavy (non-hydrogen) atoms. The molecule has 0 unspecified atom stereocenters. The average Bonchev–Trinajstić information content (AvgIpc) is 2.93. The molecule has 4 aromatic carbocycles. The molecule has 8 heteroatoms. The Morgan fingerprint density at radius 1 is 0.868 bits per heavy atom. The first-order valence-corrected chi connectivity index (χ1v) is 13.6. The number of amides is 1. The molecule has 0 aromatic heterocycles. The SMILES string of the molecule is Cc1ccc(S(=O)(=O)N[C@H](CC(=O)N/N=C\c2ccc(OCc3ccccc3)cc2)c2ccccc2)cc1. The predicted octanol–water partition coefficient (Wildman–Crippen LogP) is 5.13. The van der Waals surface area contributed by atoms with Crippen molar-refractivity contribution in [3.8, 4) is 5.75 Å². The molecule has 0 bridgehead atoms. The fourth-order valence-electron chi connectivity index (χ4n) is 3.69. The number of nitrogens with one attached hydrogen (secondary N) is 2. The van der Waals surface area contributed by atoms with E-state index in [0.29, 0.717) is 12.2 Å². The van der Waals surface area contributed by atoms with Crippen LogP contribution >= 0.6 is 0 Å². The third-order valence-electron chi connectivity index (χ3n) is 5.75. The summed E-state index contributed by atoms with van der Waals surface area (Å²) in [6, 6.07) is 32.0. The summed E-state index contributed by atoms with van der Waals surface area (Å²) in [5, 5.41) is 4.03. The molecule has 2 N–H and O–H groups in total. The lowest BCUT2D eigenvalue weighted by Gasteiger charge is -2.18. The number of rotatable bonds is 11. The molecular weight excluding hydrogens is 498 g/mol. The minimum absolute atomic E-state index is 0.126. The lowest BCUT2D eigenvalue weighted by molar-refractivity contribution is -0.121. The summed E-state index contributed by atoms with van der Waals surface area (Å²) in [6.07, 6.45) is 1.39. The second-order valence-corrected chi connectivity index (χ2v) is 10.5.